The zero-order valence-corrected chi connectivity index (χ0v) is 11.1. The van der Waals surface area contributed by atoms with Crippen molar-refractivity contribution < 1.29 is 4.79 Å². The molecule has 1 aromatic rings. The summed E-state index contributed by atoms with van der Waals surface area (Å²) in [7, 11) is 1.83. The number of pyridine rings is 1. The average molecular weight is 269 g/mol. The molecule has 0 bridgehead atoms. The van der Waals surface area contributed by atoms with Crippen LogP contribution < -0.4 is 10.6 Å². The number of rotatable bonds is 3. The van der Waals surface area contributed by atoms with E-state index in [9.17, 15) is 4.79 Å². The first-order chi connectivity index (χ1) is 8.69. The summed E-state index contributed by atoms with van der Waals surface area (Å²) in [4.78, 5) is 17.9. The summed E-state index contributed by atoms with van der Waals surface area (Å²) in [5.74, 6) is 0.916. The maximum Gasteiger partial charge on any atom is 0.221 e. The summed E-state index contributed by atoms with van der Waals surface area (Å²) in [6, 6.07) is 3.69. The summed E-state index contributed by atoms with van der Waals surface area (Å²) < 4.78 is 0. The minimum atomic E-state index is 0.112. The lowest BCUT2D eigenvalue weighted by molar-refractivity contribution is -0.120. The van der Waals surface area contributed by atoms with E-state index in [-0.39, 0.29) is 5.91 Å². The Morgan fingerprint density at radius 2 is 2.33 bits per heavy atom. The number of nitrogens with one attached hydrogen (secondary N) is 2. The molecule has 98 valence electrons. The number of anilines is 1. The Morgan fingerprint density at radius 1 is 1.50 bits per heavy atom. The van der Waals surface area contributed by atoms with Crippen LogP contribution in [0.25, 0.3) is 0 Å². The molecule has 0 unspecified atom stereocenters. The summed E-state index contributed by atoms with van der Waals surface area (Å²) in [6.45, 7) is 2.92. The van der Waals surface area contributed by atoms with Crippen molar-refractivity contribution in [3.8, 4) is 0 Å². The maximum absolute atomic E-state index is 11.3. The molecule has 0 radical (unpaired) electrons. The fourth-order valence-electron chi connectivity index (χ4n) is 1.92. The molecule has 2 N–H and O–H groups in total. The predicted octanol–water partition coefficient (Wildman–Crippen LogP) is 1.10. The van der Waals surface area contributed by atoms with E-state index in [1.807, 2.05) is 19.2 Å². The van der Waals surface area contributed by atoms with Crippen molar-refractivity contribution in [1.29, 1.82) is 0 Å². The number of nitrogens with zero attached hydrogens (tertiary/aromatic N) is 2. The van der Waals surface area contributed by atoms with Crippen molar-refractivity contribution >= 4 is 23.3 Å². The largest absolute Gasteiger partial charge is 0.373 e. The van der Waals surface area contributed by atoms with Crippen molar-refractivity contribution in [3.05, 3.63) is 22.8 Å². The van der Waals surface area contributed by atoms with E-state index in [2.05, 4.69) is 20.5 Å². The Hall–Kier alpha value is -1.33. The van der Waals surface area contributed by atoms with Gasteiger partial charge in [-0.25, -0.2) is 4.98 Å². The molecule has 2 rings (SSSR count). The molecule has 1 aromatic heterocycles. The van der Waals surface area contributed by atoms with Crippen LogP contribution in [0, 0.1) is 0 Å². The average Bonchev–Trinajstić information content (AvgIpc) is 2.57. The highest BCUT2D eigenvalue weighted by Gasteiger charge is 2.15. The molecule has 1 amide bonds. The van der Waals surface area contributed by atoms with Crippen LogP contribution in [0.5, 0.6) is 0 Å². The number of hydrogen-bond donors (Lipinski definition) is 2. The number of amides is 1. The molecule has 6 heteroatoms. The SMILES string of the molecule is CNc1ccc(Cl)c(CN2CCNC(=O)CC2)n1. The van der Waals surface area contributed by atoms with E-state index in [1.165, 1.54) is 0 Å². The molecule has 18 heavy (non-hydrogen) atoms. The smallest absolute Gasteiger partial charge is 0.221 e. The number of carbonyl (C=O) groups is 1. The highest BCUT2D eigenvalue weighted by Crippen LogP contribution is 2.18. The van der Waals surface area contributed by atoms with Gasteiger partial charge in [0.25, 0.3) is 0 Å². The first-order valence-electron chi connectivity index (χ1n) is 6.01. The lowest BCUT2D eigenvalue weighted by Crippen LogP contribution is -2.28. The van der Waals surface area contributed by atoms with Gasteiger partial charge in [-0.2, -0.15) is 0 Å². The van der Waals surface area contributed by atoms with Gasteiger partial charge in [-0.15, -0.1) is 0 Å². The zero-order valence-electron chi connectivity index (χ0n) is 10.4. The van der Waals surface area contributed by atoms with E-state index in [0.717, 1.165) is 24.6 Å². The topological polar surface area (TPSA) is 57.3 Å². The molecular weight excluding hydrogens is 252 g/mol. The molecular formula is C12H17ClN4O. The fraction of sp³-hybridized carbons (Fsp3) is 0.500. The third-order valence-electron chi connectivity index (χ3n) is 2.95. The van der Waals surface area contributed by atoms with E-state index in [1.54, 1.807) is 0 Å². The number of halogens is 1. The lowest BCUT2D eigenvalue weighted by Gasteiger charge is -2.19. The van der Waals surface area contributed by atoms with Gasteiger partial charge in [0.15, 0.2) is 0 Å². The fourth-order valence-corrected chi connectivity index (χ4v) is 2.08. The van der Waals surface area contributed by atoms with Crippen molar-refractivity contribution in [2.45, 2.75) is 13.0 Å². The summed E-state index contributed by atoms with van der Waals surface area (Å²) in [5.41, 5.74) is 0.845. The van der Waals surface area contributed by atoms with E-state index < -0.39 is 0 Å². The first kappa shape index (κ1) is 13.1. The highest BCUT2D eigenvalue weighted by atomic mass is 35.5. The molecule has 1 fully saturated rings. The zero-order chi connectivity index (χ0) is 13.0. The number of aromatic nitrogens is 1. The Kier molecular flexibility index (Phi) is 4.38. The Bertz CT molecular complexity index is 438. The molecule has 0 atom stereocenters. The van der Waals surface area contributed by atoms with Gasteiger partial charge in [-0.3, -0.25) is 9.69 Å². The molecule has 2 heterocycles. The molecule has 0 aliphatic carbocycles. The normalized spacial score (nSPS) is 17.1. The molecule has 1 aliphatic rings. The lowest BCUT2D eigenvalue weighted by atomic mass is 10.3. The molecule has 0 saturated carbocycles. The maximum atomic E-state index is 11.3. The molecule has 1 aliphatic heterocycles. The number of carbonyl (C=O) groups excluding carboxylic acids is 1. The quantitative estimate of drug-likeness (QED) is 0.862. The molecule has 5 nitrogen and oxygen atoms in total. The highest BCUT2D eigenvalue weighted by molar-refractivity contribution is 6.31. The van der Waals surface area contributed by atoms with Gasteiger partial charge in [-0.05, 0) is 12.1 Å². The second-order valence-corrected chi connectivity index (χ2v) is 4.66. The third kappa shape index (κ3) is 3.34. The molecule has 0 spiro atoms. The second kappa shape index (κ2) is 6.02. The Morgan fingerprint density at radius 3 is 3.11 bits per heavy atom. The predicted molar refractivity (Wildman–Crippen MR) is 71.7 cm³/mol. The van der Waals surface area contributed by atoms with E-state index in [0.29, 0.717) is 24.5 Å². The minimum Gasteiger partial charge on any atom is -0.373 e. The van der Waals surface area contributed by atoms with Crippen molar-refractivity contribution in [3.63, 3.8) is 0 Å². The monoisotopic (exact) mass is 268 g/mol. The standard InChI is InChI=1S/C12H17ClN4O/c1-14-11-3-2-9(13)10(16-11)8-17-6-4-12(18)15-5-7-17/h2-3H,4-8H2,1H3,(H,14,16)(H,15,18). The van der Waals surface area contributed by atoms with Crippen LogP contribution in [-0.2, 0) is 11.3 Å². The van der Waals surface area contributed by atoms with Gasteiger partial charge in [0.2, 0.25) is 5.91 Å². The van der Waals surface area contributed by atoms with Gasteiger partial charge >= 0.3 is 0 Å². The van der Waals surface area contributed by atoms with Crippen molar-refractivity contribution in [2.24, 2.45) is 0 Å². The van der Waals surface area contributed by atoms with Crippen LogP contribution >= 0.6 is 11.6 Å². The van der Waals surface area contributed by atoms with Crippen LogP contribution in [0.3, 0.4) is 0 Å². The van der Waals surface area contributed by atoms with Gasteiger partial charge in [0.1, 0.15) is 5.82 Å². The van der Waals surface area contributed by atoms with Crippen LogP contribution in [0.4, 0.5) is 5.82 Å². The van der Waals surface area contributed by atoms with Gasteiger partial charge < -0.3 is 10.6 Å². The van der Waals surface area contributed by atoms with E-state index in [4.69, 9.17) is 11.6 Å². The Labute approximate surface area is 112 Å². The summed E-state index contributed by atoms with van der Waals surface area (Å²) in [5, 5.41) is 6.51. The first-order valence-corrected chi connectivity index (χ1v) is 6.39. The van der Waals surface area contributed by atoms with Crippen LogP contribution in [0.1, 0.15) is 12.1 Å². The van der Waals surface area contributed by atoms with Crippen LogP contribution in [-0.4, -0.2) is 42.5 Å². The number of hydrogen-bond acceptors (Lipinski definition) is 4. The molecule has 1 saturated heterocycles. The van der Waals surface area contributed by atoms with Gasteiger partial charge in [0, 0.05) is 39.6 Å². The third-order valence-corrected chi connectivity index (χ3v) is 3.30. The van der Waals surface area contributed by atoms with Crippen molar-refractivity contribution in [2.75, 3.05) is 32.0 Å². The van der Waals surface area contributed by atoms with Crippen LogP contribution in [0.2, 0.25) is 5.02 Å². The Balaban J connectivity index is 2.05. The van der Waals surface area contributed by atoms with Gasteiger partial charge in [0.05, 0.1) is 10.7 Å². The van der Waals surface area contributed by atoms with Crippen LogP contribution in [0.15, 0.2) is 12.1 Å². The summed E-state index contributed by atoms with van der Waals surface area (Å²) in [6.07, 6.45) is 0.531. The van der Waals surface area contributed by atoms with E-state index >= 15 is 0 Å². The molecule has 0 aromatic carbocycles. The minimum absolute atomic E-state index is 0.112. The van der Waals surface area contributed by atoms with Crippen molar-refractivity contribution in [1.82, 2.24) is 15.2 Å². The van der Waals surface area contributed by atoms with Gasteiger partial charge in [-0.1, -0.05) is 11.6 Å². The summed E-state index contributed by atoms with van der Waals surface area (Å²) >= 11 is 6.14. The second-order valence-electron chi connectivity index (χ2n) is 4.25.